The normalized spacial score (nSPS) is 12.0. The van der Waals surface area contributed by atoms with Crippen LogP contribution in [0.3, 0.4) is 0 Å². The van der Waals surface area contributed by atoms with Gasteiger partial charge in [0.05, 0.1) is 32.8 Å². The maximum atomic E-state index is 5.42. The number of benzene rings is 1. The molecule has 3 rings (SSSR count). The molecule has 7 heteroatoms. The lowest BCUT2D eigenvalue weighted by Gasteiger charge is -2.19. The van der Waals surface area contributed by atoms with Gasteiger partial charge in [-0.1, -0.05) is 0 Å². The summed E-state index contributed by atoms with van der Waals surface area (Å²) < 4.78 is 16.2. The first kappa shape index (κ1) is 16.3. The Hall–Kier alpha value is -2.54. The van der Waals surface area contributed by atoms with Gasteiger partial charge in [0.15, 0.2) is 11.5 Å². The van der Waals surface area contributed by atoms with Gasteiger partial charge in [-0.2, -0.15) is 0 Å². The third kappa shape index (κ3) is 2.94. The molecule has 6 nitrogen and oxygen atoms in total. The highest BCUT2D eigenvalue weighted by molar-refractivity contribution is 7.16. The molecule has 0 saturated carbocycles. The number of methoxy groups -OCH3 is 3. The Morgan fingerprint density at radius 2 is 1.75 bits per heavy atom. The number of anilines is 1. The minimum absolute atomic E-state index is 0.00305. The number of nitrogens with one attached hydrogen (secondary N) is 1. The van der Waals surface area contributed by atoms with E-state index >= 15 is 0 Å². The Labute approximate surface area is 144 Å². The summed E-state index contributed by atoms with van der Waals surface area (Å²) in [6, 6.07) is 5.89. The van der Waals surface area contributed by atoms with Crippen LogP contribution >= 0.6 is 11.3 Å². The number of ether oxygens (including phenoxy) is 3. The Morgan fingerprint density at radius 3 is 2.38 bits per heavy atom. The quantitative estimate of drug-likeness (QED) is 0.731. The fourth-order valence-corrected chi connectivity index (χ4v) is 3.28. The fourth-order valence-electron chi connectivity index (χ4n) is 2.54. The van der Waals surface area contributed by atoms with E-state index in [-0.39, 0.29) is 6.04 Å². The van der Waals surface area contributed by atoms with Crippen LogP contribution in [0, 0.1) is 0 Å². The number of fused-ring (bicyclic) bond motifs is 1. The molecule has 1 N–H and O–H groups in total. The van der Waals surface area contributed by atoms with E-state index in [1.165, 1.54) is 0 Å². The zero-order valence-corrected chi connectivity index (χ0v) is 14.8. The van der Waals surface area contributed by atoms with E-state index in [1.54, 1.807) is 39.0 Å². The molecule has 1 atom stereocenters. The molecule has 0 fully saturated rings. The van der Waals surface area contributed by atoms with Crippen molar-refractivity contribution in [1.82, 2.24) is 9.97 Å². The lowest BCUT2D eigenvalue weighted by molar-refractivity contribution is 0.323. The predicted molar refractivity (Wildman–Crippen MR) is 95.6 cm³/mol. The van der Waals surface area contributed by atoms with Gasteiger partial charge in [0, 0.05) is 0 Å². The maximum Gasteiger partial charge on any atom is 0.203 e. The molecule has 0 amide bonds. The summed E-state index contributed by atoms with van der Waals surface area (Å²) in [6.07, 6.45) is 1.57. The average molecular weight is 345 g/mol. The second-order valence-electron chi connectivity index (χ2n) is 5.19. The van der Waals surface area contributed by atoms with Gasteiger partial charge in [-0.25, -0.2) is 9.97 Å². The molecule has 0 saturated heterocycles. The van der Waals surface area contributed by atoms with Gasteiger partial charge < -0.3 is 19.5 Å². The zero-order chi connectivity index (χ0) is 17.1. The molecule has 0 radical (unpaired) electrons. The molecule has 0 unspecified atom stereocenters. The highest BCUT2D eigenvalue weighted by Gasteiger charge is 2.17. The van der Waals surface area contributed by atoms with Crippen molar-refractivity contribution in [3.05, 3.63) is 35.5 Å². The summed E-state index contributed by atoms with van der Waals surface area (Å²) in [5.41, 5.74) is 1.01. The first-order valence-electron chi connectivity index (χ1n) is 7.42. The van der Waals surface area contributed by atoms with Gasteiger partial charge in [0.2, 0.25) is 5.75 Å². The SMILES string of the molecule is COc1cc([C@H](C)Nc2ncnc3sccc23)cc(OC)c1OC. The first-order valence-corrected chi connectivity index (χ1v) is 8.30. The van der Waals surface area contributed by atoms with Crippen LogP contribution in [0.4, 0.5) is 5.82 Å². The predicted octanol–water partition coefficient (Wildman–Crippen LogP) is 3.89. The molecule has 0 spiro atoms. The fraction of sp³-hybridized carbons (Fsp3) is 0.294. The summed E-state index contributed by atoms with van der Waals surface area (Å²) in [6.45, 7) is 2.06. The third-order valence-corrected chi connectivity index (χ3v) is 4.62. The number of thiophene rings is 1. The summed E-state index contributed by atoms with van der Waals surface area (Å²) in [7, 11) is 4.81. The molecular weight excluding hydrogens is 326 g/mol. The van der Waals surface area contributed by atoms with Gasteiger partial charge >= 0.3 is 0 Å². The van der Waals surface area contributed by atoms with Crippen LogP contribution in [0.2, 0.25) is 0 Å². The highest BCUT2D eigenvalue weighted by atomic mass is 32.1. The smallest absolute Gasteiger partial charge is 0.203 e. The Morgan fingerprint density at radius 1 is 1.04 bits per heavy atom. The Kier molecular flexibility index (Phi) is 4.71. The molecule has 3 aromatic rings. The van der Waals surface area contributed by atoms with Crippen LogP contribution in [0.25, 0.3) is 10.2 Å². The van der Waals surface area contributed by atoms with E-state index in [4.69, 9.17) is 14.2 Å². The highest BCUT2D eigenvalue weighted by Crippen LogP contribution is 2.40. The topological polar surface area (TPSA) is 65.5 Å². The third-order valence-electron chi connectivity index (χ3n) is 3.80. The van der Waals surface area contributed by atoms with Crippen LogP contribution in [0.15, 0.2) is 29.9 Å². The molecule has 24 heavy (non-hydrogen) atoms. The van der Waals surface area contributed by atoms with Crippen LogP contribution in [0.1, 0.15) is 18.5 Å². The number of hydrogen-bond acceptors (Lipinski definition) is 7. The van der Waals surface area contributed by atoms with Crippen LogP contribution < -0.4 is 19.5 Å². The van der Waals surface area contributed by atoms with Gasteiger partial charge in [-0.3, -0.25) is 0 Å². The largest absolute Gasteiger partial charge is 0.493 e. The Bertz CT molecular complexity index is 825. The molecule has 2 heterocycles. The van der Waals surface area contributed by atoms with Crippen molar-refractivity contribution in [2.45, 2.75) is 13.0 Å². The minimum Gasteiger partial charge on any atom is -0.493 e. The first-order chi connectivity index (χ1) is 11.7. The van der Waals surface area contributed by atoms with E-state index in [0.29, 0.717) is 17.2 Å². The van der Waals surface area contributed by atoms with E-state index in [0.717, 1.165) is 21.6 Å². The van der Waals surface area contributed by atoms with Crippen molar-refractivity contribution in [3.8, 4) is 17.2 Å². The summed E-state index contributed by atoms with van der Waals surface area (Å²) in [5.74, 6) is 2.65. The molecule has 0 aliphatic heterocycles. The summed E-state index contributed by atoms with van der Waals surface area (Å²) in [5, 5.41) is 6.46. The van der Waals surface area contributed by atoms with E-state index in [2.05, 4.69) is 22.2 Å². The number of hydrogen-bond donors (Lipinski definition) is 1. The summed E-state index contributed by atoms with van der Waals surface area (Å²) >= 11 is 1.59. The molecule has 0 aliphatic rings. The molecule has 126 valence electrons. The van der Waals surface area contributed by atoms with E-state index in [1.807, 2.05) is 23.6 Å². The van der Waals surface area contributed by atoms with E-state index < -0.39 is 0 Å². The van der Waals surface area contributed by atoms with Crippen LogP contribution in [-0.4, -0.2) is 31.3 Å². The van der Waals surface area contributed by atoms with Crippen molar-refractivity contribution in [3.63, 3.8) is 0 Å². The minimum atomic E-state index is -0.00305. The maximum absolute atomic E-state index is 5.42. The average Bonchev–Trinajstić information content (AvgIpc) is 3.10. The molecule has 2 aromatic heterocycles. The molecular formula is C17H19N3O3S. The Balaban J connectivity index is 1.95. The standard InChI is InChI=1S/C17H19N3O3S/c1-10(20-16-12-5-6-24-17(12)19-9-18-16)11-7-13(21-2)15(23-4)14(8-11)22-3/h5-10H,1-4H3,(H,18,19,20)/t10-/m0/s1. The second kappa shape index (κ2) is 6.92. The van der Waals surface area contributed by atoms with Gasteiger partial charge in [0.1, 0.15) is 17.0 Å². The molecule has 1 aromatic carbocycles. The number of aromatic nitrogens is 2. The van der Waals surface area contributed by atoms with Gasteiger partial charge in [-0.05, 0) is 36.1 Å². The number of nitrogens with zero attached hydrogens (tertiary/aromatic N) is 2. The molecule has 0 bridgehead atoms. The van der Waals surface area contributed by atoms with Crippen molar-refractivity contribution in [1.29, 1.82) is 0 Å². The summed E-state index contributed by atoms with van der Waals surface area (Å²) in [4.78, 5) is 9.59. The monoisotopic (exact) mass is 345 g/mol. The second-order valence-corrected chi connectivity index (χ2v) is 6.08. The van der Waals surface area contributed by atoms with Crippen LogP contribution in [-0.2, 0) is 0 Å². The van der Waals surface area contributed by atoms with Crippen molar-refractivity contribution >= 4 is 27.4 Å². The lowest BCUT2D eigenvalue weighted by atomic mass is 10.1. The zero-order valence-electron chi connectivity index (χ0n) is 14.0. The lowest BCUT2D eigenvalue weighted by Crippen LogP contribution is -2.09. The van der Waals surface area contributed by atoms with Crippen molar-refractivity contribution in [2.24, 2.45) is 0 Å². The van der Waals surface area contributed by atoms with Gasteiger partial charge in [0.25, 0.3) is 0 Å². The van der Waals surface area contributed by atoms with Crippen LogP contribution in [0.5, 0.6) is 17.2 Å². The van der Waals surface area contributed by atoms with Crippen molar-refractivity contribution < 1.29 is 14.2 Å². The molecule has 0 aliphatic carbocycles. The van der Waals surface area contributed by atoms with E-state index in [9.17, 15) is 0 Å². The van der Waals surface area contributed by atoms with Gasteiger partial charge in [-0.15, -0.1) is 11.3 Å². The van der Waals surface area contributed by atoms with Crippen molar-refractivity contribution in [2.75, 3.05) is 26.6 Å². The number of rotatable bonds is 6.